The largest absolute Gasteiger partial charge is 0.505 e. The van der Waals surface area contributed by atoms with E-state index >= 15 is 0 Å². The number of hydrogen-bond acceptors (Lipinski definition) is 4. The molecule has 9 heteroatoms. The van der Waals surface area contributed by atoms with Gasteiger partial charge in [0, 0.05) is 14.9 Å². The lowest BCUT2D eigenvalue weighted by Crippen LogP contribution is -2.25. The molecule has 0 aliphatic rings. The lowest BCUT2D eigenvalue weighted by atomic mass is 10.1. The van der Waals surface area contributed by atoms with Crippen LogP contribution in [0.4, 0.5) is 0 Å². The van der Waals surface area contributed by atoms with Gasteiger partial charge in [0.25, 0.3) is 10.0 Å². The molecular formula is C17H14BrCl2NO4S. The minimum Gasteiger partial charge on any atom is -0.505 e. The Labute approximate surface area is 169 Å². The van der Waals surface area contributed by atoms with Crippen LogP contribution < -0.4 is 0 Å². The number of nitrogens with zero attached hydrogens (tertiary/aromatic N) is 1. The molecule has 26 heavy (non-hydrogen) atoms. The van der Waals surface area contributed by atoms with E-state index in [-0.39, 0.29) is 15.6 Å². The van der Waals surface area contributed by atoms with Crippen LogP contribution in [-0.4, -0.2) is 22.6 Å². The third-order valence-corrected chi connectivity index (χ3v) is 6.58. The van der Waals surface area contributed by atoms with Crippen LogP contribution in [0, 0.1) is 0 Å². The maximum absolute atomic E-state index is 13.4. The number of halogens is 3. The molecule has 0 unspecified atom stereocenters. The highest BCUT2D eigenvalue weighted by molar-refractivity contribution is 9.10. The first-order chi connectivity index (χ1) is 11.9. The molecule has 0 atom stereocenters. The standard InChI is InChI=1S/C17H14BrCl2NO4S/c1-17(2,23)15-6-9-5-11(19)3-4-13(9)21(15)26(24,25)14-8-10(18)7-12(20)16(14)22/h3-8,22-23H,1-2H3. The van der Waals surface area contributed by atoms with Gasteiger partial charge in [-0.15, -0.1) is 0 Å². The average Bonchev–Trinajstić information content (AvgIpc) is 2.90. The van der Waals surface area contributed by atoms with Crippen LogP contribution in [0.15, 0.2) is 45.8 Å². The van der Waals surface area contributed by atoms with Crippen molar-refractivity contribution in [1.82, 2.24) is 3.97 Å². The quantitative estimate of drug-likeness (QED) is 0.562. The van der Waals surface area contributed by atoms with Gasteiger partial charge in [-0.2, -0.15) is 0 Å². The zero-order valence-electron chi connectivity index (χ0n) is 13.7. The van der Waals surface area contributed by atoms with Crippen molar-refractivity contribution in [2.24, 2.45) is 0 Å². The van der Waals surface area contributed by atoms with E-state index in [2.05, 4.69) is 15.9 Å². The lowest BCUT2D eigenvalue weighted by Gasteiger charge is -2.21. The summed E-state index contributed by atoms with van der Waals surface area (Å²) in [5.41, 5.74) is -1.02. The molecule has 1 aromatic heterocycles. The predicted molar refractivity (Wildman–Crippen MR) is 106 cm³/mol. The van der Waals surface area contributed by atoms with E-state index in [0.29, 0.717) is 20.4 Å². The van der Waals surface area contributed by atoms with Crippen molar-refractivity contribution in [1.29, 1.82) is 0 Å². The van der Waals surface area contributed by atoms with Crippen molar-refractivity contribution >= 4 is 60.1 Å². The highest BCUT2D eigenvalue weighted by atomic mass is 79.9. The summed E-state index contributed by atoms with van der Waals surface area (Å²) in [6.07, 6.45) is 0. The second kappa shape index (κ2) is 6.42. The molecular weight excluding hydrogens is 465 g/mol. The van der Waals surface area contributed by atoms with Gasteiger partial charge < -0.3 is 10.2 Å². The molecule has 0 saturated carbocycles. The average molecular weight is 479 g/mol. The predicted octanol–water partition coefficient (Wildman–Crippen LogP) is 4.88. The van der Waals surface area contributed by atoms with Crippen LogP contribution in [0.3, 0.4) is 0 Å². The van der Waals surface area contributed by atoms with Crippen LogP contribution in [0.25, 0.3) is 10.9 Å². The van der Waals surface area contributed by atoms with Gasteiger partial charge in [0.15, 0.2) is 5.75 Å². The summed E-state index contributed by atoms with van der Waals surface area (Å²) in [7, 11) is -4.28. The summed E-state index contributed by atoms with van der Waals surface area (Å²) < 4.78 is 28.1. The highest BCUT2D eigenvalue weighted by Crippen LogP contribution is 2.39. The van der Waals surface area contributed by atoms with Crippen molar-refractivity contribution in [3.8, 4) is 5.75 Å². The number of phenolic OH excluding ortho intramolecular Hbond substituents is 1. The summed E-state index contributed by atoms with van der Waals surface area (Å²) in [6, 6.07) is 8.90. The van der Waals surface area contributed by atoms with Gasteiger partial charge in [-0.25, -0.2) is 12.4 Å². The summed E-state index contributed by atoms with van der Waals surface area (Å²) in [4.78, 5) is -0.380. The number of aliphatic hydroxyl groups is 1. The van der Waals surface area contributed by atoms with Crippen molar-refractivity contribution in [3.63, 3.8) is 0 Å². The molecule has 3 aromatic rings. The maximum Gasteiger partial charge on any atom is 0.272 e. The minimum absolute atomic E-state index is 0.109. The fraction of sp³-hybridized carbons (Fsp3) is 0.176. The summed E-state index contributed by atoms with van der Waals surface area (Å²) >= 11 is 15.1. The summed E-state index contributed by atoms with van der Waals surface area (Å²) in [6.45, 7) is 2.95. The second-order valence-corrected chi connectivity index (χ2v) is 9.81. The van der Waals surface area contributed by atoms with Gasteiger partial charge in [-0.05, 0) is 50.2 Å². The lowest BCUT2D eigenvalue weighted by molar-refractivity contribution is 0.0733. The van der Waals surface area contributed by atoms with E-state index in [1.54, 1.807) is 24.3 Å². The van der Waals surface area contributed by atoms with E-state index in [1.165, 1.54) is 26.0 Å². The van der Waals surface area contributed by atoms with E-state index in [4.69, 9.17) is 23.2 Å². The molecule has 1 heterocycles. The minimum atomic E-state index is -4.28. The number of hydrogen-bond donors (Lipinski definition) is 2. The third kappa shape index (κ3) is 3.23. The Kier molecular flexibility index (Phi) is 4.82. The SMILES string of the molecule is CC(C)(O)c1cc2cc(Cl)ccc2n1S(=O)(=O)c1cc(Br)cc(Cl)c1O. The molecule has 2 N–H and O–H groups in total. The van der Waals surface area contributed by atoms with Crippen LogP contribution >= 0.6 is 39.1 Å². The Morgan fingerprint density at radius 2 is 1.77 bits per heavy atom. The number of benzene rings is 2. The van der Waals surface area contributed by atoms with Gasteiger partial charge in [-0.1, -0.05) is 39.1 Å². The summed E-state index contributed by atoms with van der Waals surface area (Å²) in [5.74, 6) is -0.563. The van der Waals surface area contributed by atoms with Crippen LogP contribution in [0.2, 0.25) is 10.0 Å². The molecule has 2 aromatic carbocycles. The zero-order valence-corrected chi connectivity index (χ0v) is 17.6. The molecule has 0 fully saturated rings. The first kappa shape index (κ1) is 19.5. The van der Waals surface area contributed by atoms with Crippen molar-refractivity contribution in [2.45, 2.75) is 24.3 Å². The normalized spacial score (nSPS) is 12.7. The molecule has 0 bridgehead atoms. The number of fused-ring (bicyclic) bond motifs is 1. The molecule has 0 aliphatic carbocycles. The smallest absolute Gasteiger partial charge is 0.272 e. The van der Waals surface area contributed by atoms with Crippen LogP contribution in [0.5, 0.6) is 5.75 Å². The van der Waals surface area contributed by atoms with E-state index in [0.717, 1.165) is 3.97 Å². The fourth-order valence-corrected chi connectivity index (χ4v) is 5.67. The third-order valence-electron chi connectivity index (χ3n) is 3.86. The zero-order chi connectivity index (χ0) is 19.4. The van der Waals surface area contributed by atoms with Crippen LogP contribution in [-0.2, 0) is 15.6 Å². The molecule has 0 aliphatic heterocycles. The first-order valence-electron chi connectivity index (χ1n) is 7.40. The van der Waals surface area contributed by atoms with Gasteiger partial charge in [0.1, 0.15) is 10.5 Å². The monoisotopic (exact) mass is 477 g/mol. The Hall–Kier alpha value is -1.25. The topological polar surface area (TPSA) is 79.5 Å². The van der Waals surface area contributed by atoms with E-state index in [9.17, 15) is 18.6 Å². The van der Waals surface area contributed by atoms with Gasteiger partial charge in [0.05, 0.1) is 16.2 Å². The molecule has 138 valence electrons. The highest BCUT2D eigenvalue weighted by Gasteiger charge is 2.32. The number of phenols is 1. The van der Waals surface area contributed by atoms with Gasteiger partial charge in [0.2, 0.25) is 0 Å². The van der Waals surface area contributed by atoms with E-state index < -0.39 is 21.4 Å². The number of aromatic nitrogens is 1. The van der Waals surface area contributed by atoms with Crippen molar-refractivity contribution < 1.29 is 18.6 Å². The molecule has 0 spiro atoms. The van der Waals surface area contributed by atoms with Gasteiger partial charge in [-0.3, -0.25) is 0 Å². The molecule has 0 radical (unpaired) electrons. The fourth-order valence-electron chi connectivity index (χ4n) is 2.68. The Morgan fingerprint density at radius 3 is 2.38 bits per heavy atom. The molecule has 0 amide bonds. The first-order valence-corrected chi connectivity index (χ1v) is 10.4. The molecule has 3 rings (SSSR count). The Morgan fingerprint density at radius 1 is 1.12 bits per heavy atom. The number of aromatic hydroxyl groups is 1. The molecule has 5 nitrogen and oxygen atoms in total. The second-order valence-electron chi connectivity index (χ2n) is 6.30. The summed E-state index contributed by atoms with van der Waals surface area (Å²) in [5, 5.41) is 21.6. The number of rotatable bonds is 3. The molecule has 0 saturated heterocycles. The Bertz CT molecular complexity index is 1130. The van der Waals surface area contributed by atoms with Crippen molar-refractivity contribution in [3.05, 3.63) is 56.6 Å². The van der Waals surface area contributed by atoms with Crippen LogP contribution in [0.1, 0.15) is 19.5 Å². The maximum atomic E-state index is 13.4. The van der Waals surface area contributed by atoms with Gasteiger partial charge >= 0.3 is 0 Å². The van der Waals surface area contributed by atoms with E-state index in [1.807, 2.05) is 0 Å². The van der Waals surface area contributed by atoms with Crippen molar-refractivity contribution in [2.75, 3.05) is 0 Å². The Balaban J connectivity index is 2.44.